The number of aryl methyl sites for hydroxylation is 1. The first-order chi connectivity index (χ1) is 13.2. The van der Waals surface area contributed by atoms with Crippen LogP contribution in [0.15, 0.2) is 53.4 Å². The predicted molar refractivity (Wildman–Crippen MR) is 111 cm³/mol. The number of hydrogen-bond donors (Lipinski definition) is 0. The van der Waals surface area contributed by atoms with E-state index in [1.165, 1.54) is 35.6 Å². The largest absolute Gasteiger partial charge is 0.323 e. The number of hydrogen-bond acceptors (Lipinski definition) is 3. The molecule has 0 saturated heterocycles. The Morgan fingerprint density at radius 3 is 2.14 bits per heavy atom. The van der Waals surface area contributed by atoms with Crippen molar-refractivity contribution in [3.05, 3.63) is 65.2 Å². The van der Waals surface area contributed by atoms with Crippen molar-refractivity contribution >= 4 is 15.9 Å². The van der Waals surface area contributed by atoms with E-state index in [1.807, 2.05) is 31.2 Å². The zero-order chi connectivity index (χ0) is 20.9. The molecule has 0 saturated carbocycles. The number of carbonyl (C=O) groups is 1. The molecule has 0 heterocycles. The van der Waals surface area contributed by atoms with Crippen molar-refractivity contribution in [1.82, 2.24) is 9.21 Å². The van der Waals surface area contributed by atoms with Crippen molar-refractivity contribution < 1.29 is 13.2 Å². The highest BCUT2D eigenvalue weighted by Gasteiger charge is 2.24. The molecule has 0 spiro atoms. The van der Waals surface area contributed by atoms with Crippen molar-refractivity contribution in [3.8, 4) is 12.3 Å². The first-order valence-corrected chi connectivity index (χ1v) is 10.5. The number of nitrogens with zero attached hydrogens (tertiary/aromatic N) is 2. The second kappa shape index (κ2) is 9.05. The minimum atomic E-state index is -3.59. The smallest absolute Gasteiger partial charge is 0.254 e. The van der Waals surface area contributed by atoms with E-state index in [2.05, 4.69) is 5.92 Å². The fourth-order valence-electron chi connectivity index (χ4n) is 2.62. The molecule has 0 unspecified atom stereocenters. The van der Waals surface area contributed by atoms with E-state index in [9.17, 15) is 13.2 Å². The molecule has 0 atom stereocenters. The summed E-state index contributed by atoms with van der Waals surface area (Å²) in [6.07, 6.45) is 5.44. The number of terminal acetylenes is 1. The zero-order valence-electron chi connectivity index (χ0n) is 16.7. The molecule has 28 heavy (non-hydrogen) atoms. The van der Waals surface area contributed by atoms with Gasteiger partial charge in [-0.2, -0.15) is 4.31 Å². The molecule has 2 rings (SSSR count). The van der Waals surface area contributed by atoms with Crippen LogP contribution in [-0.4, -0.2) is 43.2 Å². The molecule has 0 radical (unpaired) electrons. The third-order valence-corrected chi connectivity index (χ3v) is 6.62. The van der Waals surface area contributed by atoms with Crippen molar-refractivity contribution in [2.75, 3.05) is 13.6 Å². The maximum absolute atomic E-state index is 12.9. The normalized spacial score (nSPS) is 11.5. The van der Waals surface area contributed by atoms with Crippen LogP contribution in [0.5, 0.6) is 0 Å². The van der Waals surface area contributed by atoms with Crippen LogP contribution in [0, 0.1) is 19.3 Å². The van der Waals surface area contributed by atoms with Gasteiger partial charge in [0.15, 0.2) is 0 Å². The summed E-state index contributed by atoms with van der Waals surface area (Å²) in [5, 5.41) is 0. The Bertz CT molecular complexity index is 956. The van der Waals surface area contributed by atoms with Crippen molar-refractivity contribution in [3.63, 3.8) is 0 Å². The molecular weight excluding hydrogens is 372 g/mol. The average molecular weight is 399 g/mol. The second-order valence-corrected chi connectivity index (χ2v) is 8.99. The average Bonchev–Trinajstić information content (AvgIpc) is 2.68. The van der Waals surface area contributed by atoms with Gasteiger partial charge in [-0.05, 0) is 50.6 Å². The van der Waals surface area contributed by atoms with Crippen LogP contribution < -0.4 is 0 Å². The van der Waals surface area contributed by atoms with Crippen LogP contribution >= 0.6 is 0 Å². The Kier molecular flexibility index (Phi) is 7.00. The zero-order valence-corrected chi connectivity index (χ0v) is 17.5. The van der Waals surface area contributed by atoms with Crippen LogP contribution in [0.3, 0.4) is 0 Å². The summed E-state index contributed by atoms with van der Waals surface area (Å²) in [7, 11) is -2.05. The minimum Gasteiger partial charge on any atom is -0.323 e. The molecule has 0 bridgehead atoms. The topological polar surface area (TPSA) is 57.7 Å². The predicted octanol–water partition coefficient (Wildman–Crippen LogP) is 3.30. The van der Waals surface area contributed by atoms with Gasteiger partial charge in [0.25, 0.3) is 5.91 Å². The van der Waals surface area contributed by atoms with Gasteiger partial charge in [0.05, 0.1) is 11.4 Å². The number of rotatable bonds is 7. The number of sulfonamides is 1. The number of benzene rings is 2. The second-order valence-electron chi connectivity index (χ2n) is 6.99. The summed E-state index contributed by atoms with van der Waals surface area (Å²) < 4.78 is 26.4. The first-order valence-electron chi connectivity index (χ1n) is 9.03. The van der Waals surface area contributed by atoms with Gasteiger partial charge in [-0.25, -0.2) is 8.42 Å². The summed E-state index contributed by atoms with van der Waals surface area (Å²) >= 11 is 0. The summed E-state index contributed by atoms with van der Waals surface area (Å²) in [5.74, 6) is 2.28. The van der Waals surface area contributed by atoms with Gasteiger partial charge in [0.1, 0.15) is 0 Å². The SMILES string of the molecule is C#CCN(Cc1ccc(C)cc1)C(=O)c1ccc(S(=O)(=O)N(C)C(C)C)cc1. The van der Waals surface area contributed by atoms with Crippen LogP contribution in [0.2, 0.25) is 0 Å². The van der Waals surface area contributed by atoms with Gasteiger partial charge in [0.2, 0.25) is 10.0 Å². The lowest BCUT2D eigenvalue weighted by atomic mass is 10.1. The molecule has 6 heteroatoms. The fourth-order valence-corrected chi connectivity index (χ4v) is 3.99. The van der Waals surface area contributed by atoms with Gasteiger partial charge < -0.3 is 4.90 Å². The quantitative estimate of drug-likeness (QED) is 0.673. The van der Waals surface area contributed by atoms with Crippen LogP contribution in [0.1, 0.15) is 35.3 Å². The molecular formula is C22H26N2O3S. The monoisotopic (exact) mass is 398 g/mol. The van der Waals surface area contributed by atoms with E-state index in [0.717, 1.165) is 11.1 Å². The third kappa shape index (κ3) is 5.00. The Labute approximate surface area is 168 Å². The van der Waals surface area contributed by atoms with Crippen LogP contribution in [0.25, 0.3) is 0 Å². The highest BCUT2D eigenvalue weighted by Crippen LogP contribution is 2.18. The Hall–Kier alpha value is -2.62. The van der Waals surface area contributed by atoms with Gasteiger partial charge in [-0.1, -0.05) is 35.7 Å². The maximum Gasteiger partial charge on any atom is 0.254 e. The molecule has 2 aromatic rings. The van der Waals surface area contributed by atoms with E-state index in [-0.39, 0.29) is 23.4 Å². The van der Waals surface area contributed by atoms with Crippen molar-refractivity contribution in [1.29, 1.82) is 0 Å². The lowest BCUT2D eigenvalue weighted by molar-refractivity contribution is 0.0765. The molecule has 1 amide bonds. The molecule has 0 aliphatic heterocycles. The van der Waals surface area contributed by atoms with E-state index in [1.54, 1.807) is 18.7 Å². The molecule has 0 aliphatic rings. The summed E-state index contributed by atoms with van der Waals surface area (Å²) in [4.78, 5) is 14.6. The molecule has 0 aromatic heterocycles. The molecule has 5 nitrogen and oxygen atoms in total. The van der Waals surface area contributed by atoms with E-state index < -0.39 is 10.0 Å². The Balaban J connectivity index is 2.23. The van der Waals surface area contributed by atoms with Gasteiger partial charge in [-0.3, -0.25) is 4.79 Å². The summed E-state index contributed by atoms with van der Waals surface area (Å²) in [6, 6.07) is 13.7. The third-order valence-electron chi connectivity index (χ3n) is 4.57. The lowest BCUT2D eigenvalue weighted by Gasteiger charge is -2.22. The molecule has 0 fully saturated rings. The van der Waals surface area contributed by atoms with Gasteiger partial charge in [0, 0.05) is 25.2 Å². The van der Waals surface area contributed by atoms with E-state index in [4.69, 9.17) is 6.42 Å². The minimum absolute atomic E-state index is 0.155. The lowest BCUT2D eigenvalue weighted by Crippen LogP contribution is -2.33. The highest BCUT2D eigenvalue weighted by atomic mass is 32.2. The summed E-state index contributed by atoms with van der Waals surface area (Å²) in [5.41, 5.74) is 2.52. The fraction of sp³-hybridized carbons (Fsp3) is 0.318. The van der Waals surface area contributed by atoms with E-state index in [0.29, 0.717) is 12.1 Å². The number of carbonyl (C=O) groups excluding carboxylic acids is 1. The molecule has 0 aliphatic carbocycles. The van der Waals surface area contributed by atoms with Crippen molar-refractivity contribution in [2.45, 2.75) is 38.3 Å². The molecule has 2 aromatic carbocycles. The standard InChI is InChI=1S/C22H26N2O3S/c1-6-15-24(16-19-9-7-18(4)8-10-19)22(25)20-11-13-21(14-12-20)28(26,27)23(5)17(2)3/h1,7-14,17H,15-16H2,2-5H3. The van der Waals surface area contributed by atoms with Gasteiger partial charge >= 0.3 is 0 Å². The number of amides is 1. The van der Waals surface area contributed by atoms with Crippen LogP contribution in [-0.2, 0) is 16.6 Å². The van der Waals surface area contributed by atoms with Crippen molar-refractivity contribution in [2.24, 2.45) is 0 Å². The maximum atomic E-state index is 12.9. The van der Waals surface area contributed by atoms with E-state index >= 15 is 0 Å². The molecule has 0 N–H and O–H groups in total. The highest BCUT2D eigenvalue weighted by molar-refractivity contribution is 7.89. The Morgan fingerprint density at radius 1 is 1.07 bits per heavy atom. The summed E-state index contributed by atoms with van der Waals surface area (Å²) in [6.45, 7) is 6.17. The van der Waals surface area contributed by atoms with Gasteiger partial charge in [-0.15, -0.1) is 6.42 Å². The molecule has 148 valence electrons. The first kappa shape index (κ1) is 21.7. The van der Waals surface area contributed by atoms with Crippen LogP contribution in [0.4, 0.5) is 0 Å². The Morgan fingerprint density at radius 2 is 1.64 bits per heavy atom.